The van der Waals surface area contributed by atoms with Crippen molar-refractivity contribution < 1.29 is 35.8 Å². The van der Waals surface area contributed by atoms with Crippen LogP contribution in [0.5, 0.6) is 11.5 Å². The fraction of sp³-hybridized carbons (Fsp3) is 0.727. The minimum absolute atomic E-state index is 0.323. The molecule has 30 heavy (non-hydrogen) atoms. The molecule has 2 aliphatic rings. The van der Waals surface area contributed by atoms with Crippen molar-refractivity contribution in [2.24, 2.45) is 23.7 Å². The lowest BCUT2D eigenvalue weighted by atomic mass is 9.69. The predicted molar refractivity (Wildman–Crippen MR) is 99.8 cm³/mol. The van der Waals surface area contributed by atoms with Gasteiger partial charge in [-0.15, -0.1) is 13.2 Å². The summed E-state index contributed by atoms with van der Waals surface area (Å²) in [6.07, 6.45) is -0.501. The Bertz CT molecular complexity index is 689. The van der Waals surface area contributed by atoms with Crippen molar-refractivity contribution in [2.45, 2.75) is 77.2 Å². The molecule has 0 bridgehead atoms. The van der Waals surface area contributed by atoms with Crippen molar-refractivity contribution in [2.75, 3.05) is 0 Å². The average molecular weight is 438 g/mol. The molecule has 3 rings (SSSR count). The van der Waals surface area contributed by atoms with Crippen LogP contribution in [0.1, 0.15) is 64.7 Å². The predicted octanol–water partition coefficient (Wildman–Crippen LogP) is 7.72. The maximum atomic E-state index is 14.6. The number of rotatable bonds is 6. The van der Waals surface area contributed by atoms with Gasteiger partial charge in [0.25, 0.3) is 0 Å². The van der Waals surface area contributed by atoms with Crippen LogP contribution in [0.4, 0.5) is 26.3 Å². The summed E-state index contributed by atoms with van der Waals surface area (Å²) in [5.41, 5.74) is 0. The topological polar surface area (TPSA) is 18.5 Å². The van der Waals surface area contributed by atoms with E-state index in [9.17, 15) is 26.3 Å². The van der Waals surface area contributed by atoms with E-state index >= 15 is 0 Å². The standard InChI is InChI=1S/C22H28F6O2/c1-2-14-3-5-15(6-4-14)16-7-9-17(10-8-16)21(24,25)29-18-11-12-20(19(23)13-18)30-22(26,27)28/h11-17H,2-10H2,1H3. The number of hydrogen-bond acceptors (Lipinski definition) is 2. The van der Waals surface area contributed by atoms with Crippen molar-refractivity contribution in [1.82, 2.24) is 0 Å². The molecule has 0 aromatic heterocycles. The summed E-state index contributed by atoms with van der Waals surface area (Å²) in [7, 11) is 0. The fourth-order valence-corrected chi connectivity index (χ4v) is 4.99. The third-order valence-corrected chi connectivity index (χ3v) is 6.77. The second kappa shape index (κ2) is 9.27. The molecule has 0 spiro atoms. The van der Waals surface area contributed by atoms with Gasteiger partial charge in [0, 0.05) is 6.07 Å². The Kier molecular flexibility index (Phi) is 7.13. The van der Waals surface area contributed by atoms with Crippen molar-refractivity contribution >= 4 is 0 Å². The van der Waals surface area contributed by atoms with Crippen LogP contribution in [0.2, 0.25) is 0 Å². The Hall–Kier alpha value is -1.60. The maximum Gasteiger partial charge on any atom is 0.573 e. The molecule has 2 aliphatic carbocycles. The molecule has 8 heteroatoms. The molecule has 0 N–H and O–H groups in total. The Morgan fingerprint density at radius 2 is 1.40 bits per heavy atom. The maximum absolute atomic E-state index is 14.6. The molecule has 0 heterocycles. The van der Waals surface area contributed by atoms with Crippen LogP contribution in [0.3, 0.4) is 0 Å². The van der Waals surface area contributed by atoms with E-state index in [2.05, 4.69) is 11.7 Å². The van der Waals surface area contributed by atoms with Crippen LogP contribution < -0.4 is 9.47 Å². The van der Waals surface area contributed by atoms with Gasteiger partial charge in [-0.05, 0) is 68.4 Å². The van der Waals surface area contributed by atoms with E-state index in [-0.39, 0.29) is 0 Å². The summed E-state index contributed by atoms with van der Waals surface area (Å²) < 4.78 is 87.8. The van der Waals surface area contributed by atoms with E-state index in [1.54, 1.807) is 0 Å². The summed E-state index contributed by atoms with van der Waals surface area (Å²) in [6, 6.07) is 1.99. The zero-order valence-corrected chi connectivity index (χ0v) is 17.0. The highest BCUT2D eigenvalue weighted by molar-refractivity contribution is 5.33. The molecule has 2 saturated carbocycles. The third kappa shape index (κ3) is 5.97. The van der Waals surface area contributed by atoms with Crippen LogP contribution >= 0.6 is 0 Å². The lowest BCUT2D eigenvalue weighted by molar-refractivity contribution is -0.275. The van der Waals surface area contributed by atoms with Crippen LogP contribution in [-0.4, -0.2) is 12.5 Å². The zero-order valence-electron chi connectivity index (χ0n) is 17.0. The molecule has 0 aliphatic heterocycles. The molecule has 170 valence electrons. The molecule has 0 saturated heterocycles. The zero-order chi connectivity index (χ0) is 21.9. The Labute approximate surface area is 172 Å². The lowest BCUT2D eigenvalue weighted by Crippen LogP contribution is -2.38. The fourth-order valence-electron chi connectivity index (χ4n) is 4.99. The SMILES string of the molecule is CCC1CCC(C2CCC(C(F)(F)Oc3ccc(OC(F)(F)F)c(F)c3)CC2)CC1. The number of hydrogen-bond donors (Lipinski definition) is 0. The van der Waals surface area contributed by atoms with E-state index in [0.717, 1.165) is 24.8 Å². The first-order valence-electron chi connectivity index (χ1n) is 10.7. The third-order valence-electron chi connectivity index (χ3n) is 6.77. The van der Waals surface area contributed by atoms with Gasteiger partial charge in [0.1, 0.15) is 5.75 Å². The molecule has 0 amide bonds. The quantitative estimate of drug-likeness (QED) is 0.423. The first-order chi connectivity index (χ1) is 14.1. The smallest absolute Gasteiger partial charge is 0.432 e. The van der Waals surface area contributed by atoms with Gasteiger partial charge in [0.15, 0.2) is 11.6 Å². The van der Waals surface area contributed by atoms with E-state index in [1.165, 1.54) is 32.1 Å². The summed E-state index contributed by atoms with van der Waals surface area (Å²) in [5.74, 6) is -2.14. The molecule has 0 unspecified atom stereocenters. The Morgan fingerprint density at radius 3 is 1.90 bits per heavy atom. The van der Waals surface area contributed by atoms with E-state index in [0.29, 0.717) is 36.8 Å². The van der Waals surface area contributed by atoms with E-state index in [4.69, 9.17) is 4.74 Å². The van der Waals surface area contributed by atoms with E-state index in [1.807, 2.05) is 0 Å². The van der Waals surface area contributed by atoms with Crippen molar-refractivity contribution in [3.63, 3.8) is 0 Å². The number of ether oxygens (including phenoxy) is 2. The van der Waals surface area contributed by atoms with Crippen molar-refractivity contribution in [1.29, 1.82) is 0 Å². The first kappa shape index (κ1) is 23.1. The van der Waals surface area contributed by atoms with Gasteiger partial charge in [0.05, 0.1) is 5.92 Å². The van der Waals surface area contributed by atoms with Gasteiger partial charge < -0.3 is 9.47 Å². The van der Waals surface area contributed by atoms with Gasteiger partial charge in [-0.1, -0.05) is 26.2 Å². The lowest BCUT2D eigenvalue weighted by Gasteiger charge is -2.39. The number of halogens is 6. The second-order valence-electron chi connectivity index (χ2n) is 8.60. The molecule has 0 radical (unpaired) electrons. The van der Waals surface area contributed by atoms with Gasteiger partial charge >= 0.3 is 12.5 Å². The average Bonchev–Trinajstić information content (AvgIpc) is 2.69. The minimum Gasteiger partial charge on any atom is -0.432 e. The number of alkyl halides is 5. The Morgan fingerprint density at radius 1 is 0.833 bits per heavy atom. The molecular weight excluding hydrogens is 410 g/mol. The van der Waals surface area contributed by atoms with Crippen LogP contribution in [0, 0.1) is 29.5 Å². The molecule has 1 aromatic carbocycles. The minimum atomic E-state index is -5.07. The molecular formula is C22H28F6O2. The van der Waals surface area contributed by atoms with Gasteiger partial charge in [-0.3, -0.25) is 0 Å². The van der Waals surface area contributed by atoms with Crippen LogP contribution in [-0.2, 0) is 0 Å². The molecule has 0 atom stereocenters. The van der Waals surface area contributed by atoms with Gasteiger partial charge in [-0.25, -0.2) is 4.39 Å². The summed E-state index contributed by atoms with van der Waals surface area (Å²) in [6.45, 7) is 2.21. The largest absolute Gasteiger partial charge is 0.573 e. The van der Waals surface area contributed by atoms with Crippen molar-refractivity contribution in [3.05, 3.63) is 24.0 Å². The highest BCUT2D eigenvalue weighted by Gasteiger charge is 2.45. The summed E-state index contributed by atoms with van der Waals surface area (Å²) in [4.78, 5) is 0. The van der Waals surface area contributed by atoms with E-state index < -0.39 is 35.7 Å². The highest BCUT2D eigenvalue weighted by Crippen LogP contribution is 2.46. The van der Waals surface area contributed by atoms with Crippen molar-refractivity contribution in [3.8, 4) is 11.5 Å². The monoisotopic (exact) mass is 438 g/mol. The molecule has 2 nitrogen and oxygen atoms in total. The summed E-state index contributed by atoms with van der Waals surface area (Å²) >= 11 is 0. The summed E-state index contributed by atoms with van der Waals surface area (Å²) in [5, 5.41) is 0. The van der Waals surface area contributed by atoms with Gasteiger partial charge in [0.2, 0.25) is 0 Å². The van der Waals surface area contributed by atoms with Crippen LogP contribution in [0.15, 0.2) is 18.2 Å². The molecule has 1 aromatic rings. The normalized spacial score (nSPS) is 28.2. The Balaban J connectivity index is 1.53. The van der Waals surface area contributed by atoms with Crippen LogP contribution in [0.25, 0.3) is 0 Å². The first-order valence-corrected chi connectivity index (χ1v) is 10.7. The highest BCUT2D eigenvalue weighted by atomic mass is 19.4. The number of benzene rings is 1. The second-order valence-corrected chi connectivity index (χ2v) is 8.60. The van der Waals surface area contributed by atoms with Gasteiger partial charge in [-0.2, -0.15) is 8.78 Å². The molecule has 2 fully saturated rings.